The Kier molecular flexibility index (Phi) is 3.71. The number of aromatic carboxylic acids is 1. The highest BCUT2D eigenvalue weighted by atomic mass is 16.4. The zero-order valence-corrected chi connectivity index (χ0v) is 11.1. The summed E-state index contributed by atoms with van der Waals surface area (Å²) in [7, 11) is 0. The van der Waals surface area contributed by atoms with Gasteiger partial charge in [0.25, 0.3) is 0 Å². The van der Waals surface area contributed by atoms with Crippen LogP contribution in [0, 0.1) is 5.92 Å². The number of hydrogen-bond donors (Lipinski definition) is 2. The molecular weight excluding hydrogens is 226 g/mol. The summed E-state index contributed by atoms with van der Waals surface area (Å²) in [4.78, 5) is 10.7. The van der Waals surface area contributed by atoms with Gasteiger partial charge in [-0.25, -0.2) is 4.79 Å². The van der Waals surface area contributed by atoms with Crippen LogP contribution in [0.15, 0.2) is 24.3 Å². The molecule has 0 bridgehead atoms. The molecule has 1 fully saturated rings. The summed E-state index contributed by atoms with van der Waals surface area (Å²) < 4.78 is 0. The van der Waals surface area contributed by atoms with E-state index >= 15 is 0 Å². The largest absolute Gasteiger partial charge is 0.478 e. The molecule has 1 aromatic rings. The summed E-state index contributed by atoms with van der Waals surface area (Å²) in [6.45, 7) is 5.30. The van der Waals surface area contributed by atoms with Crippen molar-refractivity contribution in [1.29, 1.82) is 0 Å². The first-order chi connectivity index (χ1) is 8.49. The highest BCUT2D eigenvalue weighted by molar-refractivity contribution is 5.87. The maximum atomic E-state index is 10.7. The van der Waals surface area contributed by atoms with E-state index in [0.717, 1.165) is 18.0 Å². The molecule has 1 aromatic carbocycles. The molecule has 98 valence electrons. The van der Waals surface area contributed by atoms with Gasteiger partial charge in [0.1, 0.15) is 0 Å². The molecule has 3 heteroatoms. The van der Waals surface area contributed by atoms with Gasteiger partial charge in [-0.05, 0) is 50.3 Å². The van der Waals surface area contributed by atoms with Crippen LogP contribution < -0.4 is 5.32 Å². The first kappa shape index (κ1) is 13.1. The zero-order chi connectivity index (χ0) is 13.2. The lowest BCUT2D eigenvalue weighted by molar-refractivity contribution is 0.0697. The minimum atomic E-state index is -0.871. The van der Waals surface area contributed by atoms with Crippen molar-refractivity contribution in [2.45, 2.75) is 45.2 Å². The number of carboxylic acid groups (broad SMARTS) is 1. The standard InChI is InChI=1S/C15H21NO2/c1-15(2,13-4-3-5-13)16-10-11-6-8-12(9-7-11)14(17)18/h6-9,13,16H,3-5,10H2,1-2H3,(H,17,18). The van der Waals surface area contributed by atoms with Gasteiger partial charge in [0.05, 0.1) is 5.56 Å². The highest BCUT2D eigenvalue weighted by Gasteiger charge is 2.33. The number of rotatable bonds is 5. The van der Waals surface area contributed by atoms with Gasteiger partial charge >= 0.3 is 5.97 Å². The monoisotopic (exact) mass is 247 g/mol. The van der Waals surface area contributed by atoms with Crippen LogP contribution in [0.2, 0.25) is 0 Å². The molecule has 0 saturated heterocycles. The lowest BCUT2D eigenvalue weighted by Crippen LogP contribution is -2.48. The predicted octanol–water partition coefficient (Wildman–Crippen LogP) is 3.05. The van der Waals surface area contributed by atoms with Gasteiger partial charge in [-0.2, -0.15) is 0 Å². The minimum Gasteiger partial charge on any atom is -0.478 e. The van der Waals surface area contributed by atoms with Crippen molar-refractivity contribution in [2.75, 3.05) is 0 Å². The summed E-state index contributed by atoms with van der Waals surface area (Å²) in [5, 5.41) is 12.4. The predicted molar refractivity (Wildman–Crippen MR) is 71.7 cm³/mol. The smallest absolute Gasteiger partial charge is 0.335 e. The Morgan fingerprint density at radius 3 is 2.39 bits per heavy atom. The molecule has 1 saturated carbocycles. The molecule has 1 aliphatic rings. The third kappa shape index (κ3) is 2.91. The van der Waals surface area contributed by atoms with Crippen LogP contribution >= 0.6 is 0 Å². The first-order valence-electron chi connectivity index (χ1n) is 6.56. The van der Waals surface area contributed by atoms with Crippen molar-refractivity contribution in [3.63, 3.8) is 0 Å². The molecule has 0 atom stereocenters. The number of carbonyl (C=O) groups is 1. The second kappa shape index (κ2) is 5.11. The Balaban J connectivity index is 1.91. The van der Waals surface area contributed by atoms with E-state index in [4.69, 9.17) is 5.11 Å². The number of hydrogen-bond acceptors (Lipinski definition) is 2. The molecule has 0 spiro atoms. The Labute approximate surface area is 108 Å². The van der Waals surface area contributed by atoms with Gasteiger partial charge in [0, 0.05) is 12.1 Å². The highest BCUT2D eigenvalue weighted by Crippen LogP contribution is 2.35. The number of benzene rings is 1. The summed E-state index contributed by atoms with van der Waals surface area (Å²) in [5.74, 6) is -0.0971. The molecule has 0 aromatic heterocycles. The average molecular weight is 247 g/mol. The van der Waals surface area contributed by atoms with E-state index < -0.39 is 5.97 Å². The van der Waals surface area contributed by atoms with E-state index in [1.807, 2.05) is 12.1 Å². The zero-order valence-electron chi connectivity index (χ0n) is 11.1. The summed E-state index contributed by atoms with van der Waals surface area (Å²) in [6, 6.07) is 7.09. The van der Waals surface area contributed by atoms with Crippen LogP contribution in [0.4, 0.5) is 0 Å². The van der Waals surface area contributed by atoms with Crippen molar-refractivity contribution in [1.82, 2.24) is 5.32 Å². The maximum Gasteiger partial charge on any atom is 0.335 e. The molecule has 1 aliphatic carbocycles. The molecule has 2 N–H and O–H groups in total. The average Bonchev–Trinajstić information content (AvgIpc) is 2.24. The van der Waals surface area contributed by atoms with Crippen LogP contribution in [-0.4, -0.2) is 16.6 Å². The van der Waals surface area contributed by atoms with Crippen LogP contribution in [0.25, 0.3) is 0 Å². The SMILES string of the molecule is CC(C)(NCc1ccc(C(=O)O)cc1)C1CCC1. The van der Waals surface area contributed by atoms with Crippen molar-refractivity contribution in [3.05, 3.63) is 35.4 Å². The molecule has 3 nitrogen and oxygen atoms in total. The Morgan fingerprint density at radius 2 is 1.94 bits per heavy atom. The summed E-state index contributed by atoms with van der Waals surface area (Å²) >= 11 is 0. The van der Waals surface area contributed by atoms with Gasteiger partial charge in [0.15, 0.2) is 0 Å². The van der Waals surface area contributed by atoms with Crippen LogP contribution in [-0.2, 0) is 6.54 Å². The van der Waals surface area contributed by atoms with Crippen molar-refractivity contribution in [2.24, 2.45) is 5.92 Å². The van der Waals surface area contributed by atoms with Crippen LogP contribution in [0.1, 0.15) is 49.0 Å². The second-order valence-corrected chi connectivity index (χ2v) is 5.71. The quantitative estimate of drug-likeness (QED) is 0.840. The minimum absolute atomic E-state index is 0.170. The second-order valence-electron chi connectivity index (χ2n) is 5.71. The molecule has 0 amide bonds. The Hall–Kier alpha value is -1.35. The molecular formula is C15H21NO2. The Morgan fingerprint density at radius 1 is 1.33 bits per heavy atom. The molecule has 0 radical (unpaired) electrons. The molecule has 0 aliphatic heterocycles. The van der Waals surface area contributed by atoms with E-state index in [9.17, 15) is 4.79 Å². The number of carboxylic acids is 1. The van der Waals surface area contributed by atoms with Crippen LogP contribution in [0.3, 0.4) is 0 Å². The van der Waals surface area contributed by atoms with Gasteiger partial charge in [-0.1, -0.05) is 18.6 Å². The fraction of sp³-hybridized carbons (Fsp3) is 0.533. The third-order valence-electron chi connectivity index (χ3n) is 4.07. The van der Waals surface area contributed by atoms with Crippen molar-refractivity contribution in [3.8, 4) is 0 Å². The fourth-order valence-electron chi connectivity index (χ4n) is 2.37. The number of nitrogens with one attached hydrogen (secondary N) is 1. The summed E-state index contributed by atoms with van der Waals surface area (Å²) in [6.07, 6.45) is 3.99. The van der Waals surface area contributed by atoms with E-state index in [0.29, 0.717) is 5.56 Å². The van der Waals surface area contributed by atoms with Crippen molar-refractivity contribution < 1.29 is 9.90 Å². The topological polar surface area (TPSA) is 49.3 Å². The lowest BCUT2D eigenvalue weighted by Gasteiger charge is -2.41. The van der Waals surface area contributed by atoms with Gasteiger partial charge in [-0.15, -0.1) is 0 Å². The summed E-state index contributed by atoms with van der Waals surface area (Å²) in [5.41, 5.74) is 1.65. The third-order valence-corrected chi connectivity index (χ3v) is 4.07. The molecule has 2 rings (SSSR count). The fourth-order valence-corrected chi connectivity index (χ4v) is 2.37. The van der Waals surface area contributed by atoms with E-state index in [1.165, 1.54) is 19.3 Å². The molecule has 18 heavy (non-hydrogen) atoms. The van der Waals surface area contributed by atoms with Gasteiger partial charge < -0.3 is 10.4 Å². The van der Waals surface area contributed by atoms with Crippen molar-refractivity contribution >= 4 is 5.97 Å². The van der Waals surface area contributed by atoms with E-state index in [-0.39, 0.29) is 5.54 Å². The normalized spacial score (nSPS) is 16.3. The van der Waals surface area contributed by atoms with Gasteiger partial charge in [0.2, 0.25) is 0 Å². The maximum absolute atomic E-state index is 10.7. The van der Waals surface area contributed by atoms with E-state index in [2.05, 4.69) is 19.2 Å². The lowest BCUT2D eigenvalue weighted by atomic mass is 9.72. The molecule has 0 unspecified atom stereocenters. The Bertz CT molecular complexity index is 419. The van der Waals surface area contributed by atoms with Crippen LogP contribution in [0.5, 0.6) is 0 Å². The first-order valence-corrected chi connectivity index (χ1v) is 6.56. The van der Waals surface area contributed by atoms with E-state index in [1.54, 1.807) is 12.1 Å². The van der Waals surface area contributed by atoms with Gasteiger partial charge in [-0.3, -0.25) is 0 Å². The molecule has 0 heterocycles.